The number of likely N-dealkylation sites (N-methyl/N-ethyl adjacent to an activating group) is 1. The van der Waals surface area contributed by atoms with Crippen LogP contribution in [0.2, 0.25) is 0 Å². The smallest absolute Gasteiger partial charge is 0.228 e. The second kappa shape index (κ2) is 8.50. The second-order valence-electron chi connectivity index (χ2n) is 4.28. The molecule has 0 bridgehead atoms. The van der Waals surface area contributed by atoms with Crippen LogP contribution >= 0.6 is 11.8 Å². The zero-order valence-corrected chi connectivity index (χ0v) is 12.4. The summed E-state index contributed by atoms with van der Waals surface area (Å²) in [6, 6.07) is 0.213. The number of methoxy groups -OCH3 is 1. The van der Waals surface area contributed by atoms with Gasteiger partial charge in [-0.1, -0.05) is 19.0 Å². The minimum absolute atomic E-state index is 0.213. The number of nitrogens with one attached hydrogen (secondary N) is 1. The topological polar surface area (TPSA) is 60.2 Å². The Balaban J connectivity index is 2.42. The molecule has 1 aromatic heterocycles. The number of nitrogens with zero attached hydrogens (tertiary/aromatic N) is 2. The fourth-order valence-electron chi connectivity index (χ4n) is 1.42. The molecule has 0 amide bonds. The minimum Gasteiger partial charge on any atom is -0.383 e. The molecule has 2 atom stereocenters. The first-order valence-electron chi connectivity index (χ1n) is 6.28. The van der Waals surface area contributed by atoms with E-state index >= 15 is 0 Å². The van der Waals surface area contributed by atoms with Gasteiger partial charge in [0.05, 0.1) is 12.4 Å². The zero-order chi connectivity index (χ0) is 13.4. The van der Waals surface area contributed by atoms with Gasteiger partial charge < -0.3 is 14.6 Å². The fourth-order valence-corrected chi connectivity index (χ4v) is 2.21. The number of aromatic nitrogens is 2. The summed E-state index contributed by atoms with van der Waals surface area (Å²) < 4.78 is 10.4. The van der Waals surface area contributed by atoms with Crippen molar-refractivity contribution in [1.29, 1.82) is 0 Å². The highest BCUT2D eigenvalue weighted by Crippen LogP contribution is 2.18. The first-order chi connectivity index (χ1) is 8.69. The van der Waals surface area contributed by atoms with Gasteiger partial charge in [0.25, 0.3) is 0 Å². The molecular weight excluding hydrogens is 250 g/mol. The third-order valence-electron chi connectivity index (χ3n) is 2.78. The molecule has 0 fully saturated rings. The van der Waals surface area contributed by atoms with Crippen molar-refractivity contribution in [2.45, 2.75) is 43.7 Å². The molecule has 5 nitrogen and oxygen atoms in total. The van der Waals surface area contributed by atoms with Gasteiger partial charge in [0, 0.05) is 24.8 Å². The monoisotopic (exact) mass is 273 g/mol. The molecule has 1 heterocycles. The largest absolute Gasteiger partial charge is 0.383 e. The third-order valence-corrected chi connectivity index (χ3v) is 4.11. The fraction of sp³-hybridized carbons (Fsp3) is 0.833. The van der Waals surface area contributed by atoms with Crippen molar-refractivity contribution in [3.8, 4) is 0 Å². The highest BCUT2D eigenvalue weighted by atomic mass is 32.2. The van der Waals surface area contributed by atoms with Gasteiger partial charge in [0.15, 0.2) is 5.82 Å². The quantitative estimate of drug-likeness (QED) is 0.741. The average molecular weight is 273 g/mol. The Morgan fingerprint density at radius 3 is 2.89 bits per heavy atom. The van der Waals surface area contributed by atoms with Crippen LogP contribution in [0.15, 0.2) is 4.52 Å². The molecule has 104 valence electrons. The van der Waals surface area contributed by atoms with Gasteiger partial charge in [-0.2, -0.15) is 16.7 Å². The molecule has 1 rings (SSSR count). The lowest BCUT2D eigenvalue weighted by atomic mass is 10.2. The van der Waals surface area contributed by atoms with Crippen LogP contribution in [-0.2, 0) is 16.9 Å². The van der Waals surface area contributed by atoms with Crippen LogP contribution in [0.5, 0.6) is 0 Å². The molecular formula is C12H23N3O2S. The van der Waals surface area contributed by atoms with Crippen molar-refractivity contribution in [3.05, 3.63) is 11.7 Å². The van der Waals surface area contributed by atoms with E-state index in [1.807, 2.05) is 18.8 Å². The Kier molecular flexibility index (Phi) is 7.31. The Bertz CT molecular complexity index is 333. The van der Waals surface area contributed by atoms with Crippen molar-refractivity contribution in [1.82, 2.24) is 15.5 Å². The molecule has 18 heavy (non-hydrogen) atoms. The molecule has 0 radical (unpaired) electrons. The average Bonchev–Trinajstić information content (AvgIpc) is 2.83. The molecule has 0 aromatic carbocycles. The number of hydrogen-bond acceptors (Lipinski definition) is 6. The number of ether oxygens (including phenoxy) is 1. The lowest BCUT2D eigenvalue weighted by Gasteiger charge is -2.11. The normalized spacial score (nSPS) is 14.7. The van der Waals surface area contributed by atoms with Crippen LogP contribution in [0.1, 0.15) is 32.0 Å². The van der Waals surface area contributed by atoms with Crippen LogP contribution in [0.25, 0.3) is 0 Å². The Morgan fingerprint density at radius 1 is 1.50 bits per heavy atom. The molecule has 1 N–H and O–H groups in total. The summed E-state index contributed by atoms with van der Waals surface area (Å²) in [7, 11) is 3.59. The molecule has 1 aromatic rings. The van der Waals surface area contributed by atoms with Crippen molar-refractivity contribution in [2.24, 2.45) is 0 Å². The summed E-state index contributed by atoms with van der Waals surface area (Å²) >= 11 is 1.85. The minimum atomic E-state index is 0.213. The van der Waals surface area contributed by atoms with Crippen LogP contribution in [-0.4, -0.2) is 42.2 Å². The van der Waals surface area contributed by atoms with Gasteiger partial charge in [0.1, 0.15) is 0 Å². The van der Waals surface area contributed by atoms with E-state index in [2.05, 4.69) is 29.3 Å². The van der Waals surface area contributed by atoms with E-state index in [1.54, 1.807) is 7.11 Å². The molecule has 0 spiro atoms. The molecule has 0 saturated heterocycles. The van der Waals surface area contributed by atoms with E-state index in [-0.39, 0.29) is 6.04 Å². The summed E-state index contributed by atoms with van der Waals surface area (Å²) in [6.45, 7) is 5.03. The molecule has 0 aliphatic rings. The van der Waals surface area contributed by atoms with Crippen molar-refractivity contribution in [3.63, 3.8) is 0 Å². The van der Waals surface area contributed by atoms with Crippen molar-refractivity contribution < 1.29 is 9.26 Å². The summed E-state index contributed by atoms with van der Waals surface area (Å²) in [6.07, 6.45) is 1.86. The summed E-state index contributed by atoms with van der Waals surface area (Å²) in [4.78, 5) is 4.39. The SMILES string of the molecule is CCC(C)SCc1noc(CC(COC)NC)n1. The Morgan fingerprint density at radius 2 is 2.28 bits per heavy atom. The van der Waals surface area contributed by atoms with Crippen molar-refractivity contribution >= 4 is 11.8 Å². The first-order valence-corrected chi connectivity index (χ1v) is 7.33. The molecule has 0 saturated carbocycles. The number of rotatable bonds is 9. The summed E-state index contributed by atoms with van der Waals surface area (Å²) in [5, 5.41) is 7.79. The van der Waals surface area contributed by atoms with E-state index in [1.165, 1.54) is 0 Å². The first kappa shape index (κ1) is 15.5. The van der Waals surface area contributed by atoms with Gasteiger partial charge in [0.2, 0.25) is 5.89 Å². The second-order valence-corrected chi connectivity index (χ2v) is 5.71. The Labute approximate surface area is 113 Å². The standard InChI is InChI=1S/C12H23N3O2S/c1-5-9(2)18-8-11-14-12(17-15-11)6-10(13-3)7-16-4/h9-10,13H,5-8H2,1-4H3. The van der Waals surface area contributed by atoms with Gasteiger partial charge in [-0.05, 0) is 13.5 Å². The van der Waals surface area contributed by atoms with E-state index in [4.69, 9.17) is 9.26 Å². The molecule has 0 aliphatic heterocycles. The van der Waals surface area contributed by atoms with Crippen LogP contribution < -0.4 is 5.32 Å². The maximum Gasteiger partial charge on any atom is 0.228 e. The number of hydrogen-bond donors (Lipinski definition) is 1. The van der Waals surface area contributed by atoms with Gasteiger partial charge >= 0.3 is 0 Å². The predicted octanol–water partition coefficient (Wildman–Crippen LogP) is 1.88. The van der Waals surface area contributed by atoms with Crippen LogP contribution in [0, 0.1) is 0 Å². The van der Waals surface area contributed by atoms with Crippen LogP contribution in [0.4, 0.5) is 0 Å². The zero-order valence-electron chi connectivity index (χ0n) is 11.6. The maximum atomic E-state index is 5.24. The van der Waals surface area contributed by atoms with E-state index < -0.39 is 0 Å². The molecule has 6 heteroatoms. The molecule has 0 aliphatic carbocycles. The highest BCUT2D eigenvalue weighted by Gasteiger charge is 2.13. The number of thioether (sulfide) groups is 1. The van der Waals surface area contributed by atoms with Crippen molar-refractivity contribution in [2.75, 3.05) is 20.8 Å². The van der Waals surface area contributed by atoms with E-state index in [9.17, 15) is 0 Å². The van der Waals surface area contributed by atoms with Gasteiger partial charge in [-0.25, -0.2) is 0 Å². The lowest BCUT2D eigenvalue weighted by Crippen LogP contribution is -2.32. The van der Waals surface area contributed by atoms with Gasteiger partial charge in [-0.15, -0.1) is 0 Å². The third kappa shape index (κ3) is 5.37. The summed E-state index contributed by atoms with van der Waals surface area (Å²) in [5.41, 5.74) is 0. The molecule has 2 unspecified atom stereocenters. The lowest BCUT2D eigenvalue weighted by molar-refractivity contribution is 0.165. The maximum absolute atomic E-state index is 5.24. The highest BCUT2D eigenvalue weighted by molar-refractivity contribution is 7.99. The van der Waals surface area contributed by atoms with E-state index in [0.717, 1.165) is 18.0 Å². The van der Waals surface area contributed by atoms with Crippen LogP contribution in [0.3, 0.4) is 0 Å². The Hall–Kier alpha value is -0.590. The predicted molar refractivity (Wildman–Crippen MR) is 73.8 cm³/mol. The van der Waals surface area contributed by atoms with E-state index in [0.29, 0.717) is 24.2 Å². The summed E-state index contributed by atoms with van der Waals surface area (Å²) in [5.74, 6) is 2.27. The van der Waals surface area contributed by atoms with Gasteiger partial charge in [-0.3, -0.25) is 0 Å².